The van der Waals surface area contributed by atoms with Gasteiger partial charge in [0.2, 0.25) is 0 Å². The molecule has 2 aromatic rings. The number of para-hydroxylation sites is 1. The number of ether oxygens (including phenoxy) is 1. The number of rotatable bonds is 7. The van der Waals surface area contributed by atoms with Crippen molar-refractivity contribution in [2.75, 3.05) is 6.61 Å². The monoisotopic (exact) mass is 331 g/mol. The molecule has 0 unspecified atom stereocenters. The lowest BCUT2D eigenvalue weighted by molar-refractivity contribution is 0.358. The minimum atomic E-state index is 0.529. The molecule has 104 valence electrons. The molecule has 0 aliphatic carbocycles. The molecule has 20 heavy (non-hydrogen) atoms. The van der Waals surface area contributed by atoms with Crippen LogP contribution in [0.3, 0.4) is 0 Å². The topological polar surface area (TPSA) is 21.3 Å². The second-order valence-corrected chi connectivity index (χ2v) is 5.26. The van der Waals surface area contributed by atoms with E-state index in [2.05, 4.69) is 46.0 Å². The molecule has 0 fully saturated rings. The fraction of sp³-hybridized carbons (Fsp3) is 0.176. The lowest BCUT2D eigenvalue weighted by Gasteiger charge is -2.11. The van der Waals surface area contributed by atoms with Gasteiger partial charge in [0.25, 0.3) is 0 Å². The maximum atomic E-state index is 5.65. The van der Waals surface area contributed by atoms with E-state index in [4.69, 9.17) is 4.74 Å². The zero-order valence-corrected chi connectivity index (χ0v) is 12.9. The van der Waals surface area contributed by atoms with Crippen LogP contribution in [0.1, 0.15) is 11.1 Å². The highest BCUT2D eigenvalue weighted by atomic mass is 79.9. The average molecular weight is 332 g/mol. The highest BCUT2D eigenvalue weighted by Gasteiger charge is 2.03. The quantitative estimate of drug-likeness (QED) is 0.763. The predicted octanol–water partition coefficient (Wildman–Crippen LogP) is 4.30. The van der Waals surface area contributed by atoms with E-state index < -0.39 is 0 Å². The van der Waals surface area contributed by atoms with Crippen LogP contribution in [0.15, 0.2) is 65.7 Å². The maximum Gasteiger partial charge on any atom is 0.124 e. The molecule has 2 rings (SSSR count). The fourth-order valence-corrected chi connectivity index (χ4v) is 2.34. The van der Waals surface area contributed by atoms with E-state index >= 15 is 0 Å². The highest BCUT2D eigenvalue weighted by molar-refractivity contribution is 9.10. The molecule has 2 nitrogen and oxygen atoms in total. The number of halogens is 1. The molecule has 0 saturated carbocycles. The van der Waals surface area contributed by atoms with Gasteiger partial charge in [-0.15, -0.1) is 0 Å². The van der Waals surface area contributed by atoms with E-state index in [1.54, 1.807) is 6.08 Å². The van der Waals surface area contributed by atoms with Crippen LogP contribution in [0.2, 0.25) is 0 Å². The van der Waals surface area contributed by atoms with Crippen molar-refractivity contribution in [2.24, 2.45) is 0 Å². The van der Waals surface area contributed by atoms with Gasteiger partial charge in [0, 0.05) is 23.1 Å². The second kappa shape index (κ2) is 7.88. The molecule has 0 heterocycles. The molecule has 0 aliphatic heterocycles. The van der Waals surface area contributed by atoms with Crippen molar-refractivity contribution in [1.82, 2.24) is 5.32 Å². The third-order valence-electron chi connectivity index (χ3n) is 2.92. The van der Waals surface area contributed by atoms with Crippen molar-refractivity contribution in [3.8, 4) is 5.75 Å². The first kappa shape index (κ1) is 14.8. The lowest BCUT2D eigenvalue weighted by atomic mass is 10.2. The summed E-state index contributed by atoms with van der Waals surface area (Å²) in [6.45, 7) is 5.79. The third-order valence-corrected chi connectivity index (χ3v) is 3.69. The Balaban J connectivity index is 1.94. The first-order valence-corrected chi connectivity index (χ1v) is 7.36. The Morgan fingerprint density at radius 2 is 1.65 bits per heavy atom. The molecular weight excluding hydrogens is 314 g/mol. The molecule has 0 spiro atoms. The minimum Gasteiger partial charge on any atom is -0.489 e. The van der Waals surface area contributed by atoms with Crippen LogP contribution >= 0.6 is 15.9 Å². The van der Waals surface area contributed by atoms with Crippen molar-refractivity contribution in [3.05, 3.63) is 76.8 Å². The summed E-state index contributed by atoms with van der Waals surface area (Å²) in [4.78, 5) is 0. The van der Waals surface area contributed by atoms with Crippen molar-refractivity contribution in [3.63, 3.8) is 0 Å². The molecule has 0 saturated heterocycles. The van der Waals surface area contributed by atoms with Crippen LogP contribution in [0.25, 0.3) is 0 Å². The summed E-state index contributed by atoms with van der Waals surface area (Å²) in [5.41, 5.74) is 2.40. The molecule has 0 aromatic heterocycles. The molecule has 0 amide bonds. The van der Waals surface area contributed by atoms with Crippen LogP contribution in [-0.4, -0.2) is 6.61 Å². The van der Waals surface area contributed by atoms with Gasteiger partial charge in [-0.3, -0.25) is 0 Å². The van der Waals surface area contributed by atoms with Crippen LogP contribution in [0.4, 0.5) is 0 Å². The van der Waals surface area contributed by atoms with Gasteiger partial charge in [-0.25, -0.2) is 0 Å². The zero-order valence-electron chi connectivity index (χ0n) is 11.3. The van der Waals surface area contributed by atoms with E-state index in [9.17, 15) is 0 Å². The normalized spacial score (nSPS) is 10.2. The molecular formula is C17H18BrNO. The molecule has 2 aromatic carbocycles. The summed E-state index contributed by atoms with van der Waals surface area (Å²) in [7, 11) is 0. The highest BCUT2D eigenvalue weighted by Crippen LogP contribution is 2.19. The first-order chi connectivity index (χ1) is 9.81. The van der Waals surface area contributed by atoms with E-state index in [1.807, 2.05) is 30.3 Å². The summed E-state index contributed by atoms with van der Waals surface area (Å²) in [6.07, 6.45) is 1.76. The molecule has 0 atom stereocenters. The van der Waals surface area contributed by atoms with Gasteiger partial charge in [-0.2, -0.15) is 0 Å². The van der Waals surface area contributed by atoms with Gasteiger partial charge < -0.3 is 10.1 Å². The molecule has 0 radical (unpaired) electrons. The van der Waals surface area contributed by atoms with Crippen molar-refractivity contribution in [1.29, 1.82) is 0 Å². The largest absolute Gasteiger partial charge is 0.489 e. The van der Waals surface area contributed by atoms with Crippen molar-refractivity contribution in [2.45, 2.75) is 13.1 Å². The van der Waals surface area contributed by atoms with Crippen LogP contribution in [-0.2, 0) is 13.1 Å². The summed E-state index contributed by atoms with van der Waals surface area (Å²) < 4.78 is 6.77. The summed E-state index contributed by atoms with van der Waals surface area (Å²) >= 11 is 3.56. The maximum absolute atomic E-state index is 5.65. The molecule has 0 aliphatic rings. The van der Waals surface area contributed by atoms with Gasteiger partial charge in [-0.05, 0) is 17.7 Å². The van der Waals surface area contributed by atoms with Gasteiger partial charge in [0.15, 0.2) is 0 Å². The average Bonchev–Trinajstić information content (AvgIpc) is 2.48. The Morgan fingerprint density at radius 3 is 2.40 bits per heavy atom. The zero-order chi connectivity index (χ0) is 14.2. The smallest absolute Gasteiger partial charge is 0.124 e. The van der Waals surface area contributed by atoms with Gasteiger partial charge in [-0.1, -0.05) is 65.0 Å². The summed E-state index contributed by atoms with van der Waals surface area (Å²) in [5.74, 6) is 0.909. The molecule has 1 N–H and O–H groups in total. The van der Waals surface area contributed by atoms with Gasteiger partial charge in [0.1, 0.15) is 12.4 Å². The van der Waals surface area contributed by atoms with Crippen LogP contribution in [0, 0.1) is 0 Å². The van der Waals surface area contributed by atoms with Crippen LogP contribution < -0.4 is 10.1 Å². The minimum absolute atomic E-state index is 0.529. The van der Waals surface area contributed by atoms with Gasteiger partial charge in [0.05, 0.1) is 0 Å². The summed E-state index contributed by atoms with van der Waals surface area (Å²) in [5, 5.41) is 3.44. The first-order valence-electron chi connectivity index (χ1n) is 6.57. The number of benzene rings is 2. The Bertz CT molecular complexity index is 568. The van der Waals surface area contributed by atoms with Crippen LogP contribution in [0.5, 0.6) is 5.75 Å². The third kappa shape index (κ3) is 4.22. The molecule has 3 heteroatoms. The van der Waals surface area contributed by atoms with Gasteiger partial charge >= 0.3 is 0 Å². The Kier molecular flexibility index (Phi) is 5.84. The number of hydrogen-bond donors (Lipinski definition) is 1. The Hall–Kier alpha value is -1.58. The van der Waals surface area contributed by atoms with E-state index in [0.29, 0.717) is 6.61 Å². The van der Waals surface area contributed by atoms with E-state index in [0.717, 1.165) is 28.9 Å². The number of nitrogens with one attached hydrogen (secondary N) is 1. The predicted molar refractivity (Wildman–Crippen MR) is 86.8 cm³/mol. The Labute approximate surface area is 128 Å². The second-order valence-electron chi connectivity index (χ2n) is 4.40. The SMILES string of the molecule is C=CCOc1ccccc1CNCc1ccccc1Br. The van der Waals surface area contributed by atoms with Crippen molar-refractivity contribution >= 4 is 15.9 Å². The number of hydrogen-bond acceptors (Lipinski definition) is 2. The van der Waals surface area contributed by atoms with E-state index in [1.165, 1.54) is 5.56 Å². The van der Waals surface area contributed by atoms with Crippen molar-refractivity contribution < 1.29 is 4.74 Å². The van der Waals surface area contributed by atoms with E-state index in [-0.39, 0.29) is 0 Å². The molecule has 0 bridgehead atoms. The summed E-state index contributed by atoms with van der Waals surface area (Å²) in [6, 6.07) is 16.3. The Morgan fingerprint density at radius 1 is 1.00 bits per heavy atom. The lowest BCUT2D eigenvalue weighted by Crippen LogP contribution is -2.14. The standard InChI is InChI=1S/C17H18BrNO/c1-2-11-20-17-10-6-4-8-15(17)13-19-12-14-7-3-5-9-16(14)18/h2-10,19H,1,11-13H2. The fourth-order valence-electron chi connectivity index (χ4n) is 1.91.